The van der Waals surface area contributed by atoms with E-state index in [0.29, 0.717) is 21.9 Å². The van der Waals surface area contributed by atoms with E-state index >= 15 is 0 Å². The number of amides is 1. The lowest BCUT2D eigenvalue weighted by molar-refractivity contribution is -0.188. The summed E-state index contributed by atoms with van der Waals surface area (Å²) >= 11 is 6.20. The number of alkyl halides is 3. The van der Waals surface area contributed by atoms with Crippen molar-refractivity contribution in [2.45, 2.75) is 44.9 Å². The highest BCUT2D eigenvalue weighted by Gasteiger charge is 2.48. The van der Waals surface area contributed by atoms with Gasteiger partial charge in [-0.1, -0.05) is 11.6 Å². The first-order valence-corrected chi connectivity index (χ1v) is 8.30. The Balaban J connectivity index is 1.83. The first-order valence-electron chi connectivity index (χ1n) is 7.92. The molecule has 0 N–H and O–H groups in total. The maximum atomic E-state index is 12.6. The van der Waals surface area contributed by atoms with Crippen LogP contribution < -0.4 is 4.74 Å². The van der Waals surface area contributed by atoms with E-state index in [9.17, 15) is 22.8 Å². The van der Waals surface area contributed by atoms with Gasteiger partial charge in [0.15, 0.2) is 5.78 Å². The van der Waals surface area contributed by atoms with Gasteiger partial charge in [-0.15, -0.1) is 0 Å². The minimum Gasteiger partial charge on any atom is -0.486 e. The van der Waals surface area contributed by atoms with Crippen molar-refractivity contribution >= 4 is 23.3 Å². The molecule has 25 heavy (non-hydrogen) atoms. The lowest BCUT2D eigenvalue weighted by Gasteiger charge is -2.44. The molecule has 0 saturated carbocycles. The fourth-order valence-electron chi connectivity index (χ4n) is 3.58. The lowest BCUT2D eigenvalue weighted by Crippen LogP contribution is -2.54. The number of fused-ring (bicyclic) bond motifs is 1. The first-order chi connectivity index (χ1) is 11.5. The van der Waals surface area contributed by atoms with Crippen molar-refractivity contribution in [1.82, 2.24) is 4.90 Å². The minimum atomic E-state index is -4.88. The molecule has 0 unspecified atom stereocenters. The van der Waals surface area contributed by atoms with Crippen LogP contribution in [0.5, 0.6) is 5.75 Å². The Hall–Kier alpha value is -1.76. The van der Waals surface area contributed by atoms with Crippen molar-refractivity contribution in [3.05, 3.63) is 27.8 Å². The number of aryl methyl sites for hydroxylation is 1. The number of likely N-dealkylation sites (tertiary alicyclic amines) is 1. The molecule has 1 aromatic rings. The zero-order valence-corrected chi connectivity index (χ0v) is 14.6. The summed E-state index contributed by atoms with van der Waals surface area (Å²) in [6.45, 7) is 3.37. The van der Waals surface area contributed by atoms with Gasteiger partial charge in [-0.3, -0.25) is 9.59 Å². The summed E-state index contributed by atoms with van der Waals surface area (Å²) in [4.78, 5) is 24.7. The molecule has 0 bridgehead atoms. The molecule has 4 nitrogen and oxygen atoms in total. The third-order valence-electron chi connectivity index (χ3n) is 4.94. The number of rotatable bonds is 0. The number of hydrogen-bond donors (Lipinski definition) is 0. The number of piperidine rings is 1. The summed E-state index contributed by atoms with van der Waals surface area (Å²) in [5, 5.41) is 0.511. The van der Waals surface area contributed by atoms with Gasteiger partial charge in [-0.05, 0) is 31.0 Å². The fourth-order valence-corrected chi connectivity index (χ4v) is 3.72. The van der Waals surface area contributed by atoms with E-state index in [1.807, 2.05) is 0 Å². The zero-order valence-electron chi connectivity index (χ0n) is 13.8. The zero-order chi connectivity index (χ0) is 18.6. The molecule has 2 heterocycles. The van der Waals surface area contributed by atoms with E-state index in [4.69, 9.17) is 16.3 Å². The molecule has 1 spiro atoms. The third-order valence-corrected chi connectivity index (χ3v) is 5.52. The number of ether oxygens (including phenoxy) is 1. The van der Waals surface area contributed by atoms with Crippen LogP contribution in [0.25, 0.3) is 0 Å². The Morgan fingerprint density at radius 2 is 1.88 bits per heavy atom. The van der Waals surface area contributed by atoms with Gasteiger partial charge < -0.3 is 9.64 Å². The molecule has 0 aromatic heterocycles. The molecule has 0 atom stereocenters. The van der Waals surface area contributed by atoms with Crippen LogP contribution in [0.1, 0.15) is 40.7 Å². The van der Waals surface area contributed by atoms with Crippen molar-refractivity contribution in [2.75, 3.05) is 13.1 Å². The number of carbonyl (C=O) groups is 2. The van der Waals surface area contributed by atoms with Gasteiger partial charge in [-0.25, -0.2) is 0 Å². The van der Waals surface area contributed by atoms with Gasteiger partial charge in [0, 0.05) is 31.0 Å². The van der Waals surface area contributed by atoms with Crippen LogP contribution in [0.3, 0.4) is 0 Å². The molecule has 2 aliphatic rings. The Kier molecular flexibility index (Phi) is 4.26. The molecule has 1 aromatic carbocycles. The third kappa shape index (κ3) is 3.10. The van der Waals surface area contributed by atoms with Crippen LogP contribution in [0.4, 0.5) is 13.2 Å². The van der Waals surface area contributed by atoms with Gasteiger partial charge in [0.1, 0.15) is 11.4 Å². The van der Waals surface area contributed by atoms with E-state index in [2.05, 4.69) is 0 Å². The Morgan fingerprint density at radius 3 is 2.44 bits per heavy atom. The molecule has 1 amide bonds. The highest BCUT2D eigenvalue weighted by Crippen LogP contribution is 2.43. The topological polar surface area (TPSA) is 46.6 Å². The largest absolute Gasteiger partial charge is 0.486 e. The Labute approximate surface area is 147 Å². The van der Waals surface area contributed by atoms with Gasteiger partial charge in [-0.2, -0.15) is 13.2 Å². The van der Waals surface area contributed by atoms with Crippen LogP contribution in [0.15, 0.2) is 6.07 Å². The summed E-state index contributed by atoms with van der Waals surface area (Å²) in [5.74, 6) is -1.55. The number of hydrogen-bond acceptors (Lipinski definition) is 3. The highest BCUT2D eigenvalue weighted by atomic mass is 35.5. The highest BCUT2D eigenvalue weighted by molar-refractivity contribution is 6.32. The minimum absolute atomic E-state index is 0.0777. The molecule has 0 aliphatic carbocycles. The molecular formula is C17H17ClF3NO3. The van der Waals surface area contributed by atoms with Crippen molar-refractivity contribution in [3.63, 3.8) is 0 Å². The van der Waals surface area contributed by atoms with Crippen LogP contribution in [0.2, 0.25) is 5.02 Å². The van der Waals surface area contributed by atoms with Crippen LogP contribution >= 0.6 is 11.6 Å². The summed E-state index contributed by atoms with van der Waals surface area (Å²) in [6, 6.07) is 1.69. The first kappa shape index (κ1) is 18.0. The van der Waals surface area contributed by atoms with Crippen LogP contribution in [-0.4, -0.2) is 41.5 Å². The van der Waals surface area contributed by atoms with Crippen molar-refractivity contribution in [2.24, 2.45) is 0 Å². The van der Waals surface area contributed by atoms with E-state index in [0.717, 1.165) is 10.5 Å². The molecule has 0 radical (unpaired) electrons. The van der Waals surface area contributed by atoms with Crippen molar-refractivity contribution in [3.8, 4) is 5.75 Å². The molecule has 136 valence electrons. The van der Waals surface area contributed by atoms with E-state index in [1.165, 1.54) is 0 Å². The smallest absolute Gasteiger partial charge is 0.471 e. The maximum Gasteiger partial charge on any atom is 0.471 e. The molecule has 8 heteroatoms. The second-order valence-electron chi connectivity index (χ2n) is 6.68. The summed E-state index contributed by atoms with van der Waals surface area (Å²) < 4.78 is 43.8. The quantitative estimate of drug-likeness (QED) is 0.692. The molecule has 3 rings (SSSR count). The number of nitrogens with zero attached hydrogens (tertiary/aromatic N) is 1. The van der Waals surface area contributed by atoms with Crippen LogP contribution in [0, 0.1) is 13.8 Å². The standard InChI is InChI=1S/C17H17ClF3NO3/c1-9-7-12-13(10(2)14(9)18)11(23)8-16(25-12)3-5-22(6-4-16)15(24)17(19,20)21/h7H,3-6,8H2,1-2H3. The Morgan fingerprint density at radius 1 is 1.28 bits per heavy atom. The monoisotopic (exact) mass is 375 g/mol. The number of carbonyl (C=O) groups excluding carboxylic acids is 2. The SMILES string of the molecule is Cc1cc2c(c(C)c1Cl)C(=O)CC1(CCN(C(=O)C(F)(F)F)CC1)O2. The summed E-state index contributed by atoms with van der Waals surface area (Å²) in [6.07, 6.45) is -4.44. The van der Waals surface area contributed by atoms with Gasteiger partial charge in [0.2, 0.25) is 0 Å². The number of ketones is 1. The summed E-state index contributed by atoms with van der Waals surface area (Å²) in [7, 11) is 0. The average Bonchev–Trinajstić information content (AvgIpc) is 2.51. The number of Topliss-reactive ketones (excluding diaryl/α,β-unsaturated/α-hetero) is 1. The fraction of sp³-hybridized carbons (Fsp3) is 0.529. The van der Waals surface area contributed by atoms with E-state index in [1.54, 1.807) is 19.9 Å². The maximum absolute atomic E-state index is 12.6. The normalized spacial score (nSPS) is 19.6. The van der Waals surface area contributed by atoms with Crippen molar-refractivity contribution in [1.29, 1.82) is 0 Å². The Bertz CT molecular complexity index is 752. The molecule has 2 aliphatic heterocycles. The van der Waals surface area contributed by atoms with Gasteiger partial charge in [0.05, 0.1) is 12.0 Å². The number of benzene rings is 1. The van der Waals surface area contributed by atoms with Crippen molar-refractivity contribution < 1.29 is 27.5 Å². The van der Waals surface area contributed by atoms with Crippen LogP contribution in [-0.2, 0) is 4.79 Å². The van der Waals surface area contributed by atoms with Gasteiger partial charge in [0.25, 0.3) is 0 Å². The summed E-state index contributed by atoms with van der Waals surface area (Å²) in [5.41, 5.74) is 1.00. The molecular weight excluding hydrogens is 359 g/mol. The predicted octanol–water partition coefficient (Wildman–Crippen LogP) is 3.85. The second-order valence-corrected chi connectivity index (χ2v) is 7.06. The van der Waals surface area contributed by atoms with E-state index < -0.39 is 17.7 Å². The molecule has 1 saturated heterocycles. The van der Waals surface area contributed by atoms with E-state index in [-0.39, 0.29) is 38.1 Å². The average molecular weight is 376 g/mol. The lowest BCUT2D eigenvalue weighted by atomic mass is 9.81. The predicted molar refractivity (Wildman–Crippen MR) is 85.1 cm³/mol. The second kappa shape index (κ2) is 5.90. The molecule has 1 fully saturated rings. The van der Waals surface area contributed by atoms with Gasteiger partial charge >= 0.3 is 12.1 Å². The number of halogens is 4.